The first-order chi connectivity index (χ1) is 16.1. The van der Waals surface area contributed by atoms with Gasteiger partial charge in [0, 0.05) is 31.9 Å². The highest BCUT2D eigenvalue weighted by molar-refractivity contribution is 8.00. The zero-order chi connectivity index (χ0) is 22.8. The minimum Gasteiger partial charge on any atom is -0.322 e. The van der Waals surface area contributed by atoms with Gasteiger partial charge in [-0.3, -0.25) is 14.2 Å². The number of carbonyl (C=O) groups is 2. The molecule has 0 saturated heterocycles. The molecule has 1 amide bonds. The van der Waals surface area contributed by atoms with Gasteiger partial charge in [0.05, 0.1) is 16.8 Å². The molecule has 0 aliphatic rings. The molecule has 6 heteroatoms. The third-order valence-electron chi connectivity index (χ3n) is 5.39. The van der Waals surface area contributed by atoms with Crippen molar-refractivity contribution < 1.29 is 9.59 Å². The van der Waals surface area contributed by atoms with Gasteiger partial charge in [-0.2, -0.15) is 0 Å². The monoisotopic (exact) mass is 470 g/mol. The van der Waals surface area contributed by atoms with Crippen molar-refractivity contribution in [1.29, 1.82) is 0 Å². The molecule has 0 aliphatic heterocycles. The van der Waals surface area contributed by atoms with Crippen molar-refractivity contribution in [3.8, 4) is 0 Å². The third kappa shape index (κ3) is 4.38. The number of nitrogens with zero attached hydrogens (tertiary/aromatic N) is 1. The van der Waals surface area contributed by atoms with Crippen LogP contribution in [0.2, 0.25) is 5.02 Å². The van der Waals surface area contributed by atoms with Crippen molar-refractivity contribution in [2.75, 3.05) is 11.1 Å². The van der Waals surface area contributed by atoms with Crippen molar-refractivity contribution >= 4 is 62.7 Å². The fourth-order valence-electron chi connectivity index (χ4n) is 3.87. The van der Waals surface area contributed by atoms with Gasteiger partial charge in [-0.15, -0.1) is 11.8 Å². The first kappa shape index (κ1) is 21.3. The van der Waals surface area contributed by atoms with Crippen molar-refractivity contribution in [2.45, 2.75) is 4.90 Å². The molecular weight excluding hydrogens is 452 g/mol. The highest BCUT2D eigenvalue weighted by Crippen LogP contribution is 2.30. The van der Waals surface area contributed by atoms with Gasteiger partial charge in [-0.05, 0) is 54.6 Å². The van der Waals surface area contributed by atoms with Crippen LogP contribution in [0.3, 0.4) is 0 Å². The number of aromatic nitrogens is 1. The molecule has 4 aromatic carbocycles. The number of halogens is 1. The van der Waals surface area contributed by atoms with Gasteiger partial charge in [0.25, 0.3) is 5.91 Å². The Morgan fingerprint density at radius 1 is 0.788 bits per heavy atom. The summed E-state index contributed by atoms with van der Waals surface area (Å²) < 4.78 is 1.80. The number of thioether (sulfide) groups is 1. The smallest absolute Gasteiger partial charge is 0.255 e. The van der Waals surface area contributed by atoms with Gasteiger partial charge in [-0.25, -0.2) is 0 Å². The number of anilines is 1. The van der Waals surface area contributed by atoms with E-state index in [2.05, 4.69) is 5.32 Å². The molecule has 33 heavy (non-hydrogen) atoms. The van der Waals surface area contributed by atoms with E-state index in [-0.39, 0.29) is 11.8 Å². The number of amides is 1. The molecule has 0 fully saturated rings. The minimum absolute atomic E-state index is 0.0238. The van der Waals surface area contributed by atoms with Gasteiger partial charge in [0.1, 0.15) is 0 Å². The summed E-state index contributed by atoms with van der Waals surface area (Å²) >= 11 is 7.43. The Kier molecular flexibility index (Phi) is 5.90. The molecule has 5 rings (SSSR count). The normalized spacial score (nSPS) is 11.1. The molecular formula is C27H19ClN2O2S. The van der Waals surface area contributed by atoms with Crippen molar-refractivity contribution in [3.63, 3.8) is 0 Å². The molecule has 0 atom stereocenters. The van der Waals surface area contributed by atoms with Crippen molar-refractivity contribution in [3.05, 3.63) is 108 Å². The van der Waals surface area contributed by atoms with Crippen LogP contribution in [0.15, 0.2) is 102 Å². The molecule has 0 radical (unpaired) electrons. The van der Waals surface area contributed by atoms with Crippen LogP contribution in [0.25, 0.3) is 21.8 Å². The van der Waals surface area contributed by atoms with Crippen LogP contribution < -0.4 is 5.32 Å². The Morgan fingerprint density at radius 3 is 2.06 bits per heavy atom. The number of para-hydroxylation sites is 2. The summed E-state index contributed by atoms with van der Waals surface area (Å²) in [5, 5.41) is 5.53. The Balaban J connectivity index is 1.29. The molecule has 162 valence electrons. The Bertz CT molecular complexity index is 1440. The molecule has 1 aromatic heterocycles. The predicted octanol–water partition coefficient (Wildman–Crippen LogP) is 7.13. The predicted molar refractivity (Wildman–Crippen MR) is 137 cm³/mol. The second-order valence-corrected chi connectivity index (χ2v) is 9.03. The fourth-order valence-corrected chi connectivity index (χ4v) is 4.81. The van der Waals surface area contributed by atoms with Crippen molar-refractivity contribution in [1.82, 2.24) is 4.57 Å². The SMILES string of the molecule is O=C(Nc1ccc(SCC(=O)n2c3ccccc3c3ccccc32)cc1)c1cccc(Cl)c1. The lowest BCUT2D eigenvalue weighted by Gasteiger charge is -2.08. The summed E-state index contributed by atoms with van der Waals surface area (Å²) in [5.74, 6) is 0.104. The quantitative estimate of drug-likeness (QED) is 0.278. The Labute approximate surface area is 200 Å². The number of nitrogens with one attached hydrogen (secondary N) is 1. The summed E-state index contributed by atoms with van der Waals surface area (Å²) in [6, 6.07) is 30.2. The largest absolute Gasteiger partial charge is 0.322 e. The number of carbonyl (C=O) groups excluding carboxylic acids is 2. The van der Waals surface area contributed by atoms with E-state index in [4.69, 9.17) is 11.6 Å². The van der Waals surface area contributed by atoms with Crippen LogP contribution in [0.5, 0.6) is 0 Å². The lowest BCUT2D eigenvalue weighted by Crippen LogP contribution is -2.13. The molecule has 0 saturated carbocycles. The van der Waals surface area contributed by atoms with E-state index in [1.165, 1.54) is 11.8 Å². The highest BCUT2D eigenvalue weighted by atomic mass is 35.5. The first-order valence-corrected chi connectivity index (χ1v) is 11.8. The Hall–Kier alpha value is -3.54. The number of rotatable bonds is 5. The zero-order valence-corrected chi connectivity index (χ0v) is 19.1. The average molecular weight is 471 g/mol. The molecule has 0 spiro atoms. The molecule has 1 heterocycles. The lowest BCUT2D eigenvalue weighted by atomic mass is 10.2. The van der Waals surface area contributed by atoms with Crippen molar-refractivity contribution in [2.24, 2.45) is 0 Å². The van der Waals surface area contributed by atoms with Gasteiger partial charge < -0.3 is 5.32 Å². The van der Waals surface area contributed by atoms with Crippen LogP contribution in [0, 0.1) is 0 Å². The van der Waals surface area contributed by atoms with E-state index in [0.29, 0.717) is 22.0 Å². The summed E-state index contributed by atoms with van der Waals surface area (Å²) in [4.78, 5) is 26.5. The molecule has 0 unspecified atom stereocenters. The van der Waals surface area contributed by atoms with Gasteiger partial charge >= 0.3 is 0 Å². The fraction of sp³-hybridized carbons (Fsp3) is 0.0370. The van der Waals surface area contributed by atoms with Crippen LogP contribution in [0.4, 0.5) is 5.69 Å². The van der Waals surface area contributed by atoms with E-state index in [1.807, 2.05) is 72.8 Å². The maximum absolute atomic E-state index is 13.2. The summed E-state index contributed by atoms with van der Waals surface area (Å²) in [6.07, 6.45) is 0. The van der Waals surface area contributed by atoms with Gasteiger partial charge in [0.2, 0.25) is 5.91 Å². The van der Waals surface area contributed by atoms with E-state index in [0.717, 1.165) is 26.7 Å². The minimum atomic E-state index is -0.223. The van der Waals surface area contributed by atoms with Gasteiger partial charge in [-0.1, -0.05) is 54.1 Å². The standard InChI is InChI=1S/C27H19ClN2O2S/c28-19-7-5-6-18(16-19)27(32)29-20-12-14-21(15-13-20)33-17-26(31)30-24-10-3-1-8-22(24)23-9-2-4-11-25(23)30/h1-16H,17H2,(H,29,32). The molecule has 4 nitrogen and oxygen atoms in total. The van der Waals surface area contributed by atoms with Crippen LogP contribution >= 0.6 is 23.4 Å². The average Bonchev–Trinajstić information content (AvgIpc) is 3.18. The maximum atomic E-state index is 13.2. The lowest BCUT2D eigenvalue weighted by molar-refractivity contribution is 0.0950. The number of fused-ring (bicyclic) bond motifs is 3. The van der Waals surface area contributed by atoms with E-state index in [9.17, 15) is 9.59 Å². The number of hydrogen-bond acceptors (Lipinski definition) is 3. The third-order valence-corrected chi connectivity index (χ3v) is 6.62. The van der Waals surface area contributed by atoms with E-state index >= 15 is 0 Å². The maximum Gasteiger partial charge on any atom is 0.255 e. The highest BCUT2D eigenvalue weighted by Gasteiger charge is 2.15. The Morgan fingerprint density at radius 2 is 1.42 bits per heavy atom. The molecule has 5 aromatic rings. The second kappa shape index (κ2) is 9.14. The summed E-state index contributed by atoms with van der Waals surface area (Å²) in [6.45, 7) is 0. The first-order valence-electron chi connectivity index (χ1n) is 10.4. The number of hydrogen-bond donors (Lipinski definition) is 1. The van der Waals surface area contributed by atoms with Crippen LogP contribution in [0.1, 0.15) is 15.2 Å². The van der Waals surface area contributed by atoms with Crippen LogP contribution in [-0.2, 0) is 0 Å². The zero-order valence-electron chi connectivity index (χ0n) is 17.5. The van der Waals surface area contributed by atoms with Gasteiger partial charge in [0.15, 0.2) is 0 Å². The topological polar surface area (TPSA) is 51.1 Å². The summed E-state index contributed by atoms with van der Waals surface area (Å²) in [7, 11) is 0. The summed E-state index contributed by atoms with van der Waals surface area (Å²) in [5.41, 5.74) is 3.02. The van der Waals surface area contributed by atoms with Crippen LogP contribution in [-0.4, -0.2) is 22.1 Å². The molecule has 0 bridgehead atoms. The second-order valence-electron chi connectivity index (χ2n) is 7.54. The van der Waals surface area contributed by atoms with E-state index < -0.39 is 0 Å². The number of benzene rings is 4. The molecule has 1 N–H and O–H groups in total. The van der Waals surface area contributed by atoms with E-state index in [1.54, 1.807) is 28.8 Å². The molecule has 0 aliphatic carbocycles.